The van der Waals surface area contributed by atoms with Crippen molar-refractivity contribution < 1.29 is 24.3 Å². The van der Waals surface area contributed by atoms with Gasteiger partial charge in [0.25, 0.3) is 5.69 Å². The molecule has 0 aromatic heterocycles. The molecule has 8 nitrogen and oxygen atoms in total. The molecule has 0 amide bonds. The Morgan fingerprint density at radius 1 is 1.29 bits per heavy atom. The molecule has 1 aliphatic heterocycles. The fraction of sp³-hybridized carbons (Fsp3) is 0.350. The van der Waals surface area contributed by atoms with E-state index in [2.05, 4.69) is 0 Å². The molecule has 0 spiro atoms. The van der Waals surface area contributed by atoms with Crippen molar-refractivity contribution in [3.05, 3.63) is 63.7 Å². The molecule has 0 aliphatic carbocycles. The Balaban J connectivity index is 1.92. The van der Waals surface area contributed by atoms with Gasteiger partial charge in [0, 0.05) is 12.6 Å². The van der Waals surface area contributed by atoms with Crippen LogP contribution in [0.3, 0.4) is 0 Å². The number of methoxy groups -OCH3 is 1. The third kappa shape index (κ3) is 4.13. The number of nitrogens with zero attached hydrogens (tertiary/aromatic N) is 2. The summed E-state index contributed by atoms with van der Waals surface area (Å²) in [6.07, 6.45) is 1.30. The quantitative estimate of drug-likeness (QED) is 0.423. The van der Waals surface area contributed by atoms with Crippen LogP contribution in [0.1, 0.15) is 28.8 Å². The van der Waals surface area contributed by atoms with Crippen LogP contribution in [0.15, 0.2) is 42.5 Å². The second-order valence-corrected chi connectivity index (χ2v) is 6.53. The number of nitro benzene ring substituents is 1. The molecule has 1 unspecified atom stereocenters. The molecule has 8 heteroatoms. The second-order valence-electron chi connectivity index (χ2n) is 6.53. The number of carbonyl (C=O) groups excluding carboxylic acids is 1. The van der Waals surface area contributed by atoms with Crippen molar-refractivity contribution in [3.63, 3.8) is 0 Å². The number of aliphatic hydroxyl groups excluding tert-OH is 1. The average Bonchev–Trinajstić information content (AvgIpc) is 3.20. The molecule has 2 aromatic rings. The highest BCUT2D eigenvalue weighted by atomic mass is 16.6. The molecule has 2 aromatic carbocycles. The Bertz CT molecular complexity index is 855. The van der Waals surface area contributed by atoms with Crippen molar-refractivity contribution in [2.45, 2.75) is 25.5 Å². The Morgan fingerprint density at radius 3 is 2.68 bits per heavy atom. The molecule has 148 valence electrons. The SMILES string of the molecule is COc1cc(C(=O)C2CCCN2CO)c([N+](=O)[O-])cc1OCc1ccccc1. The summed E-state index contributed by atoms with van der Waals surface area (Å²) in [5.74, 6) is 0.0459. The van der Waals surface area contributed by atoms with Gasteiger partial charge in [-0.15, -0.1) is 0 Å². The minimum Gasteiger partial charge on any atom is -0.493 e. The molecule has 0 radical (unpaired) electrons. The summed E-state index contributed by atoms with van der Waals surface area (Å²) >= 11 is 0. The van der Waals surface area contributed by atoms with Crippen LogP contribution in [0.4, 0.5) is 5.69 Å². The van der Waals surface area contributed by atoms with Gasteiger partial charge >= 0.3 is 0 Å². The molecule has 0 bridgehead atoms. The van der Waals surface area contributed by atoms with Gasteiger partial charge in [-0.1, -0.05) is 30.3 Å². The third-order valence-corrected chi connectivity index (χ3v) is 4.83. The van der Waals surface area contributed by atoms with Gasteiger partial charge in [0.05, 0.1) is 30.9 Å². The molecule has 3 rings (SSSR count). The Hall–Kier alpha value is -2.97. The van der Waals surface area contributed by atoms with Crippen LogP contribution < -0.4 is 9.47 Å². The lowest BCUT2D eigenvalue weighted by atomic mass is 10.00. The van der Waals surface area contributed by atoms with E-state index < -0.39 is 16.7 Å². The van der Waals surface area contributed by atoms with E-state index in [0.29, 0.717) is 13.0 Å². The van der Waals surface area contributed by atoms with Crippen molar-refractivity contribution in [2.24, 2.45) is 0 Å². The van der Waals surface area contributed by atoms with Crippen LogP contribution in [0.2, 0.25) is 0 Å². The maximum Gasteiger partial charge on any atom is 0.284 e. The van der Waals surface area contributed by atoms with E-state index in [0.717, 1.165) is 12.0 Å². The fourth-order valence-corrected chi connectivity index (χ4v) is 3.38. The standard InChI is InChI=1S/C20H22N2O6/c1-27-18-10-15(20(24)16-8-5-9-21(16)13-23)17(22(25)26)11-19(18)28-12-14-6-3-2-4-7-14/h2-4,6-7,10-11,16,23H,5,8-9,12-13H2,1H3. The summed E-state index contributed by atoms with van der Waals surface area (Å²) in [5.41, 5.74) is 0.523. The molecule has 1 heterocycles. The molecular formula is C20H22N2O6. The molecule has 1 saturated heterocycles. The zero-order valence-electron chi connectivity index (χ0n) is 15.5. The van der Waals surface area contributed by atoms with E-state index >= 15 is 0 Å². The van der Waals surface area contributed by atoms with Gasteiger partial charge in [-0.25, -0.2) is 0 Å². The first kappa shape index (κ1) is 19.8. The summed E-state index contributed by atoms with van der Waals surface area (Å²) in [6, 6.07) is 11.4. The largest absolute Gasteiger partial charge is 0.493 e. The molecule has 1 atom stereocenters. The third-order valence-electron chi connectivity index (χ3n) is 4.83. The summed E-state index contributed by atoms with van der Waals surface area (Å²) in [7, 11) is 1.42. The van der Waals surface area contributed by atoms with E-state index in [4.69, 9.17) is 9.47 Å². The van der Waals surface area contributed by atoms with Crippen molar-refractivity contribution in [3.8, 4) is 11.5 Å². The Morgan fingerprint density at radius 2 is 2.04 bits per heavy atom. The average molecular weight is 386 g/mol. The van der Waals surface area contributed by atoms with Crippen molar-refractivity contribution >= 4 is 11.5 Å². The Labute approximate surface area is 162 Å². The molecule has 1 aliphatic rings. The number of ether oxygens (including phenoxy) is 2. The summed E-state index contributed by atoms with van der Waals surface area (Å²) < 4.78 is 11.0. The van der Waals surface area contributed by atoms with Crippen LogP contribution in [-0.4, -0.2) is 47.1 Å². The van der Waals surface area contributed by atoms with Crippen molar-refractivity contribution in [2.75, 3.05) is 20.4 Å². The maximum atomic E-state index is 12.9. The van der Waals surface area contributed by atoms with E-state index in [9.17, 15) is 20.0 Å². The zero-order valence-corrected chi connectivity index (χ0v) is 15.5. The number of hydrogen-bond acceptors (Lipinski definition) is 7. The summed E-state index contributed by atoms with van der Waals surface area (Å²) in [6.45, 7) is 0.526. The van der Waals surface area contributed by atoms with Gasteiger partial charge in [0.15, 0.2) is 17.3 Å². The predicted octanol–water partition coefficient (Wildman–Crippen LogP) is 2.78. The number of carbonyl (C=O) groups is 1. The first-order valence-electron chi connectivity index (χ1n) is 8.97. The van der Waals surface area contributed by atoms with E-state index in [1.807, 2.05) is 30.3 Å². The zero-order chi connectivity index (χ0) is 20.1. The minimum absolute atomic E-state index is 0.0424. The van der Waals surface area contributed by atoms with E-state index in [1.165, 1.54) is 19.2 Å². The predicted molar refractivity (Wildman–Crippen MR) is 102 cm³/mol. The van der Waals surface area contributed by atoms with Gasteiger partial charge < -0.3 is 14.6 Å². The summed E-state index contributed by atoms with van der Waals surface area (Å²) in [4.78, 5) is 25.6. The van der Waals surface area contributed by atoms with Crippen LogP contribution in [-0.2, 0) is 6.61 Å². The van der Waals surface area contributed by atoms with Gasteiger partial charge in [-0.05, 0) is 18.4 Å². The van der Waals surface area contributed by atoms with Crippen molar-refractivity contribution in [1.82, 2.24) is 4.90 Å². The fourth-order valence-electron chi connectivity index (χ4n) is 3.38. The molecule has 1 fully saturated rings. The topological polar surface area (TPSA) is 102 Å². The molecule has 1 N–H and O–H groups in total. The molecular weight excluding hydrogens is 364 g/mol. The van der Waals surface area contributed by atoms with E-state index in [-0.39, 0.29) is 36.1 Å². The first-order chi connectivity index (χ1) is 13.5. The number of aliphatic hydroxyl groups is 1. The molecule has 28 heavy (non-hydrogen) atoms. The normalized spacial score (nSPS) is 16.7. The van der Waals surface area contributed by atoms with Crippen molar-refractivity contribution in [1.29, 1.82) is 0 Å². The highest BCUT2D eigenvalue weighted by Crippen LogP contribution is 2.37. The maximum absolute atomic E-state index is 12.9. The lowest BCUT2D eigenvalue weighted by Gasteiger charge is -2.21. The smallest absolute Gasteiger partial charge is 0.284 e. The molecule has 0 saturated carbocycles. The van der Waals surface area contributed by atoms with Gasteiger partial charge in [0.1, 0.15) is 12.2 Å². The van der Waals surface area contributed by atoms with E-state index in [1.54, 1.807) is 4.90 Å². The Kier molecular flexibility index (Phi) is 6.23. The monoisotopic (exact) mass is 386 g/mol. The van der Waals surface area contributed by atoms with Crippen LogP contribution in [0.5, 0.6) is 11.5 Å². The van der Waals surface area contributed by atoms with Gasteiger partial charge in [-0.2, -0.15) is 0 Å². The highest BCUT2D eigenvalue weighted by molar-refractivity contribution is 6.04. The van der Waals surface area contributed by atoms with Crippen LogP contribution in [0.25, 0.3) is 0 Å². The number of nitro groups is 1. The lowest BCUT2D eigenvalue weighted by Crippen LogP contribution is -2.37. The lowest BCUT2D eigenvalue weighted by molar-refractivity contribution is -0.385. The number of ketones is 1. The number of rotatable bonds is 8. The number of likely N-dealkylation sites (tertiary alicyclic amines) is 1. The van der Waals surface area contributed by atoms with Crippen LogP contribution >= 0.6 is 0 Å². The first-order valence-corrected chi connectivity index (χ1v) is 8.97. The van der Waals surface area contributed by atoms with Gasteiger partial charge in [0.2, 0.25) is 0 Å². The number of Topliss-reactive ketones (excluding diaryl/α,β-unsaturated/α-hetero) is 1. The van der Waals surface area contributed by atoms with Gasteiger partial charge in [-0.3, -0.25) is 19.8 Å². The van der Waals surface area contributed by atoms with Crippen LogP contribution in [0, 0.1) is 10.1 Å². The number of benzene rings is 2. The number of hydrogen-bond donors (Lipinski definition) is 1. The second kappa shape index (κ2) is 8.81. The minimum atomic E-state index is -0.597. The summed E-state index contributed by atoms with van der Waals surface area (Å²) in [5, 5.41) is 21.0. The highest BCUT2D eigenvalue weighted by Gasteiger charge is 2.35.